The van der Waals surface area contributed by atoms with Gasteiger partial charge in [-0.15, -0.1) is 0 Å². The number of pyridine rings is 1. The van der Waals surface area contributed by atoms with Crippen LogP contribution in [0.25, 0.3) is 10.9 Å². The maximum absolute atomic E-state index is 13.6. The molecule has 0 saturated carbocycles. The molecule has 0 N–H and O–H groups in total. The molecule has 1 aliphatic rings. The number of nitrogens with zero attached hydrogens (tertiary/aromatic N) is 4. The van der Waals surface area contributed by atoms with Crippen LogP contribution in [-0.2, 0) is 0 Å². The number of hydrogen-bond acceptors (Lipinski definition) is 7. The van der Waals surface area contributed by atoms with Crippen LogP contribution in [0.3, 0.4) is 0 Å². The second kappa shape index (κ2) is 8.48. The molecule has 0 saturated heterocycles. The van der Waals surface area contributed by atoms with E-state index < -0.39 is 4.92 Å². The average molecular weight is 487 g/mol. The van der Waals surface area contributed by atoms with Gasteiger partial charge in [0.05, 0.1) is 21.7 Å². The molecular formula is C21H19BrN4O5. The summed E-state index contributed by atoms with van der Waals surface area (Å²) in [6.45, 7) is 1.09. The first-order chi connectivity index (χ1) is 14.9. The number of fused-ring (bicyclic) bond motifs is 2. The van der Waals surface area contributed by atoms with E-state index >= 15 is 0 Å². The number of ether oxygens (including phenoxy) is 2. The van der Waals surface area contributed by atoms with Crippen LogP contribution in [0.5, 0.6) is 11.5 Å². The number of aromatic nitrogens is 1. The summed E-state index contributed by atoms with van der Waals surface area (Å²) in [5.41, 5.74) is 1.33. The minimum Gasteiger partial charge on any atom is -0.454 e. The Bertz CT molecular complexity index is 1180. The molecule has 0 aliphatic carbocycles. The van der Waals surface area contributed by atoms with Gasteiger partial charge in [0, 0.05) is 36.8 Å². The molecule has 10 heteroatoms. The fourth-order valence-corrected chi connectivity index (χ4v) is 3.94. The Labute approximate surface area is 186 Å². The first-order valence-electron chi connectivity index (χ1n) is 9.44. The van der Waals surface area contributed by atoms with E-state index in [0.717, 1.165) is 5.39 Å². The minimum atomic E-state index is -0.520. The van der Waals surface area contributed by atoms with Crippen molar-refractivity contribution < 1.29 is 19.2 Å². The zero-order valence-electron chi connectivity index (χ0n) is 16.9. The van der Waals surface area contributed by atoms with Crippen LogP contribution in [0.15, 0.2) is 47.1 Å². The Morgan fingerprint density at radius 1 is 1.19 bits per heavy atom. The Kier molecular flexibility index (Phi) is 5.75. The number of likely N-dealkylation sites (N-methyl/N-ethyl adjacent to an activating group) is 1. The van der Waals surface area contributed by atoms with Crippen molar-refractivity contribution in [2.75, 3.05) is 38.9 Å². The average Bonchev–Trinajstić information content (AvgIpc) is 3.19. The highest BCUT2D eigenvalue weighted by atomic mass is 79.9. The van der Waals surface area contributed by atoms with Crippen molar-refractivity contribution in [2.24, 2.45) is 0 Å². The number of carbonyl (C=O) groups excluding carboxylic acids is 1. The van der Waals surface area contributed by atoms with Crippen molar-refractivity contribution in [1.82, 2.24) is 9.88 Å². The van der Waals surface area contributed by atoms with E-state index in [2.05, 4.69) is 20.9 Å². The van der Waals surface area contributed by atoms with Crippen LogP contribution in [-0.4, -0.2) is 54.7 Å². The van der Waals surface area contributed by atoms with Gasteiger partial charge in [0.2, 0.25) is 6.79 Å². The van der Waals surface area contributed by atoms with Gasteiger partial charge in [-0.25, -0.2) is 0 Å². The Balaban J connectivity index is 1.84. The van der Waals surface area contributed by atoms with Gasteiger partial charge in [0.1, 0.15) is 4.47 Å². The molecule has 1 aromatic heterocycles. The summed E-state index contributed by atoms with van der Waals surface area (Å²) in [6, 6.07) is 9.76. The summed E-state index contributed by atoms with van der Waals surface area (Å²) in [4.78, 5) is 32.4. The van der Waals surface area contributed by atoms with Gasteiger partial charge >= 0.3 is 0 Å². The van der Waals surface area contributed by atoms with Gasteiger partial charge in [0.25, 0.3) is 11.6 Å². The third-order valence-corrected chi connectivity index (χ3v) is 5.76. The van der Waals surface area contributed by atoms with Crippen molar-refractivity contribution in [2.45, 2.75) is 0 Å². The maximum atomic E-state index is 13.6. The van der Waals surface area contributed by atoms with Gasteiger partial charge in [0.15, 0.2) is 11.5 Å². The van der Waals surface area contributed by atoms with Gasteiger partial charge in [-0.05, 0) is 48.2 Å². The normalized spacial score (nSPS) is 12.4. The first-order valence-corrected chi connectivity index (χ1v) is 10.2. The number of benzene rings is 2. The fraction of sp³-hybridized carbons (Fsp3) is 0.238. The highest BCUT2D eigenvalue weighted by molar-refractivity contribution is 9.10. The Hall–Kier alpha value is -3.24. The number of hydrogen-bond donors (Lipinski definition) is 0. The minimum absolute atomic E-state index is 0.130. The lowest BCUT2D eigenvalue weighted by molar-refractivity contribution is -0.385. The molecule has 1 amide bonds. The number of carbonyl (C=O) groups is 1. The molecule has 9 nitrogen and oxygen atoms in total. The van der Waals surface area contributed by atoms with Gasteiger partial charge in [-0.3, -0.25) is 19.9 Å². The van der Waals surface area contributed by atoms with E-state index in [1.54, 1.807) is 35.4 Å². The standard InChI is InChI=1S/C21H19BrN4O5/c1-24(2)8-9-25(21(27)13-4-3-5-17(20(13)22)26(28)29)16-6-7-23-15-11-19-18(10-14(15)16)30-12-31-19/h3-7,10-11H,8-9,12H2,1-2H3. The molecule has 0 atom stereocenters. The number of nitro groups is 1. The fourth-order valence-electron chi connectivity index (χ4n) is 3.36. The van der Waals surface area contributed by atoms with E-state index in [9.17, 15) is 14.9 Å². The topological polar surface area (TPSA) is 98.0 Å². The summed E-state index contributed by atoms with van der Waals surface area (Å²) in [6.07, 6.45) is 1.62. The highest BCUT2D eigenvalue weighted by Gasteiger charge is 2.26. The molecule has 0 unspecified atom stereocenters. The summed E-state index contributed by atoms with van der Waals surface area (Å²) in [5, 5.41) is 12.1. The van der Waals surface area contributed by atoms with Crippen molar-refractivity contribution in [3.8, 4) is 11.5 Å². The molecule has 0 fully saturated rings. The summed E-state index contributed by atoms with van der Waals surface area (Å²) in [7, 11) is 3.82. The van der Waals surface area contributed by atoms with Crippen LogP contribution >= 0.6 is 15.9 Å². The van der Waals surface area contributed by atoms with E-state index in [1.807, 2.05) is 19.0 Å². The summed E-state index contributed by atoms with van der Waals surface area (Å²) >= 11 is 3.25. The summed E-state index contributed by atoms with van der Waals surface area (Å²) < 4.78 is 11.1. The van der Waals surface area contributed by atoms with Gasteiger partial charge in [-0.1, -0.05) is 6.07 Å². The number of amides is 1. The third-order valence-electron chi connectivity index (χ3n) is 4.93. The predicted molar refractivity (Wildman–Crippen MR) is 119 cm³/mol. The van der Waals surface area contributed by atoms with Crippen LogP contribution in [0.1, 0.15) is 10.4 Å². The van der Waals surface area contributed by atoms with E-state index in [-0.39, 0.29) is 28.4 Å². The lowest BCUT2D eigenvalue weighted by Crippen LogP contribution is -2.37. The number of halogens is 1. The predicted octanol–water partition coefficient (Wildman–Crippen LogP) is 3.84. The molecule has 0 radical (unpaired) electrons. The Morgan fingerprint density at radius 3 is 2.65 bits per heavy atom. The van der Waals surface area contributed by atoms with Gasteiger partial charge < -0.3 is 19.3 Å². The zero-order valence-corrected chi connectivity index (χ0v) is 18.5. The van der Waals surface area contributed by atoms with E-state index in [4.69, 9.17) is 9.47 Å². The molecule has 2 aromatic carbocycles. The molecule has 4 rings (SSSR count). The quantitative estimate of drug-likeness (QED) is 0.385. The largest absolute Gasteiger partial charge is 0.454 e. The highest BCUT2D eigenvalue weighted by Crippen LogP contribution is 2.39. The van der Waals surface area contributed by atoms with Crippen molar-refractivity contribution in [1.29, 1.82) is 0 Å². The lowest BCUT2D eigenvalue weighted by atomic mass is 10.1. The number of rotatable bonds is 6. The molecule has 1 aliphatic heterocycles. The lowest BCUT2D eigenvalue weighted by Gasteiger charge is -2.26. The van der Waals surface area contributed by atoms with Crippen LogP contribution < -0.4 is 14.4 Å². The van der Waals surface area contributed by atoms with E-state index in [0.29, 0.717) is 35.8 Å². The van der Waals surface area contributed by atoms with E-state index in [1.165, 1.54) is 12.1 Å². The second-order valence-electron chi connectivity index (χ2n) is 7.21. The molecule has 2 heterocycles. The zero-order chi connectivity index (χ0) is 22.1. The maximum Gasteiger partial charge on any atom is 0.284 e. The van der Waals surface area contributed by atoms with Crippen molar-refractivity contribution >= 4 is 44.1 Å². The number of anilines is 1. The van der Waals surface area contributed by atoms with Gasteiger partial charge in [-0.2, -0.15) is 0 Å². The molecule has 3 aromatic rings. The third kappa shape index (κ3) is 4.04. The van der Waals surface area contributed by atoms with Crippen LogP contribution in [0.2, 0.25) is 0 Å². The van der Waals surface area contributed by atoms with Crippen molar-refractivity contribution in [3.05, 3.63) is 62.7 Å². The molecule has 31 heavy (non-hydrogen) atoms. The van der Waals surface area contributed by atoms with Crippen LogP contribution in [0, 0.1) is 10.1 Å². The van der Waals surface area contributed by atoms with Crippen molar-refractivity contribution in [3.63, 3.8) is 0 Å². The molecule has 0 bridgehead atoms. The van der Waals surface area contributed by atoms with Crippen LogP contribution in [0.4, 0.5) is 11.4 Å². The summed E-state index contributed by atoms with van der Waals surface area (Å²) in [5.74, 6) is 0.825. The monoisotopic (exact) mass is 486 g/mol. The second-order valence-corrected chi connectivity index (χ2v) is 8.00. The molecule has 160 valence electrons. The first kappa shape index (κ1) is 21.0. The molecular weight excluding hydrogens is 468 g/mol. The number of nitro benzene ring substituents is 1. The molecule has 0 spiro atoms. The SMILES string of the molecule is CN(C)CCN(C(=O)c1cccc([N+](=O)[O-])c1Br)c1ccnc2cc3c(cc12)OCO3. The smallest absolute Gasteiger partial charge is 0.284 e. The Morgan fingerprint density at radius 2 is 1.94 bits per heavy atom.